The van der Waals surface area contributed by atoms with Crippen molar-refractivity contribution in [2.45, 2.75) is 43.7 Å². The van der Waals surface area contributed by atoms with Crippen molar-refractivity contribution in [2.75, 3.05) is 19.8 Å². The summed E-state index contributed by atoms with van der Waals surface area (Å²) in [5.41, 5.74) is 4.28. The Morgan fingerprint density at radius 2 is 2.24 bits per heavy atom. The molecule has 0 aromatic carbocycles. The molecule has 3 heterocycles. The molecule has 21 heavy (non-hydrogen) atoms. The number of aromatic nitrogens is 1. The van der Waals surface area contributed by atoms with Crippen LogP contribution in [0.4, 0.5) is 0 Å². The zero-order valence-electron chi connectivity index (χ0n) is 12.5. The molecule has 5 heteroatoms. The van der Waals surface area contributed by atoms with Crippen LogP contribution < -0.4 is 11.3 Å². The number of hydrogen-bond acceptors (Lipinski definition) is 5. The van der Waals surface area contributed by atoms with E-state index in [4.69, 9.17) is 15.3 Å². The minimum absolute atomic E-state index is 0.0191. The Kier molecular flexibility index (Phi) is 4.85. The maximum absolute atomic E-state index is 6.12. The van der Waals surface area contributed by atoms with Crippen LogP contribution in [0.1, 0.15) is 31.2 Å². The lowest BCUT2D eigenvalue weighted by molar-refractivity contribution is -0.150. The highest BCUT2D eigenvalue weighted by Crippen LogP contribution is 2.38. The molecule has 116 valence electrons. The molecule has 2 aliphatic heterocycles. The van der Waals surface area contributed by atoms with Crippen molar-refractivity contribution >= 4 is 0 Å². The summed E-state index contributed by atoms with van der Waals surface area (Å²) in [6, 6.07) is 4.37. The Labute approximate surface area is 126 Å². The van der Waals surface area contributed by atoms with Crippen LogP contribution >= 0.6 is 0 Å². The lowest BCUT2D eigenvalue weighted by Crippen LogP contribution is -2.51. The number of nitrogens with one attached hydrogen (secondary N) is 1. The van der Waals surface area contributed by atoms with Gasteiger partial charge >= 0.3 is 0 Å². The second-order valence-electron chi connectivity index (χ2n) is 6.24. The Morgan fingerprint density at radius 1 is 1.38 bits per heavy atom. The third-order valence-electron chi connectivity index (χ3n) is 4.90. The molecule has 2 saturated heterocycles. The van der Waals surface area contributed by atoms with Crippen molar-refractivity contribution < 1.29 is 9.47 Å². The maximum Gasteiger partial charge on any atom is 0.0729 e. The smallest absolute Gasteiger partial charge is 0.0729 e. The van der Waals surface area contributed by atoms with E-state index >= 15 is 0 Å². The molecule has 1 aromatic rings. The number of ether oxygens (including phenoxy) is 2. The van der Waals surface area contributed by atoms with Gasteiger partial charge in [-0.15, -0.1) is 0 Å². The van der Waals surface area contributed by atoms with E-state index in [-0.39, 0.29) is 11.6 Å². The summed E-state index contributed by atoms with van der Waals surface area (Å²) in [6.45, 7) is 2.46. The van der Waals surface area contributed by atoms with Crippen molar-refractivity contribution in [3.8, 4) is 0 Å². The van der Waals surface area contributed by atoms with Crippen molar-refractivity contribution in [1.29, 1.82) is 0 Å². The predicted octanol–water partition coefficient (Wildman–Crippen LogP) is 1.43. The summed E-state index contributed by atoms with van der Waals surface area (Å²) in [5.74, 6) is 6.38. The molecule has 5 nitrogen and oxygen atoms in total. The topological polar surface area (TPSA) is 69.4 Å². The van der Waals surface area contributed by atoms with Gasteiger partial charge in [-0.3, -0.25) is 16.3 Å². The number of hydrogen-bond donors (Lipinski definition) is 2. The molecule has 2 atom stereocenters. The summed E-state index contributed by atoms with van der Waals surface area (Å²) in [5, 5.41) is 0. The highest BCUT2D eigenvalue weighted by atomic mass is 16.5. The summed E-state index contributed by atoms with van der Waals surface area (Å²) in [6.07, 6.45) is 8.81. The van der Waals surface area contributed by atoms with E-state index in [2.05, 4.69) is 16.5 Å². The van der Waals surface area contributed by atoms with Gasteiger partial charge in [0.2, 0.25) is 0 Å². The maximum atomic E-state index is 6.12. The standard InChI is InChI=1S/C16H25N3O2/c17-19-15(10-13-2-1-6-18-12-13)14-3-7-21-16(11-14)4-8-20-9-5-16/h1-2,6,12,14-15,19H,3-5,7-11,17H2. The molecule has 0 radical (unpaired) electrons. The first-order chi connectivity index (χ1) is 10.3. The molecule has 1 aromatic heterocycles. The molecule has 0 aliphatic carbocycles. The van der Waals surface area contributed by atoms with Crippen LogP contribution in [0.3, 0.4) is 0 Å². The lowest BCUT2D eigenvalue weighted by atomic mass is 9.77. The lowest BCUT2D eigenvalue weighted by Gasteiger charge is -2.45. The largest absolute Gasteiger partial charge is 0.381 e. The Bertz CT molecular complexity index is 429. The normalized spacial score (nSPS) is 26.6. The summed E-state index contributed by atoms with van der Waals surface area (Å²) in [4.78, 5) is 4.19. The number of hydrazine groups is 1. The second kappa shape index (κ2) is 6.83. The molecule has 0 saturated carbocycles. The molecule has 2 fully saturated rings. The minimum atomic E-state index is 0.0191. The number of nitrogens with two attached hydrogens (primary N) is 1. The van der Waals surface area contributed by atoms with Crippen LogP contribution in [0.2, 0.25) is 0 Å². The zero-order chi connectivity index (χ0) is 14.5. The van der Waals surface area contributed by atoms with Gasteiger partial charge in [-0.2, -0.15) is 0 Å². The summed E-state index contributed by atoms with van der Waals surface area (Å²) in [7, 11) is 0. The fourth-order valence-electron chi connectivity index (χ4n) is 3.64. The van der Waals surface area contributed by atoms with Gasteiger partial charge in [0.1, 0.15) is 0 Å². The molecule has 1 spiro atoms. The van der Waals surface area contributed by atoms with Gasteiger partial charge in [0, 0.05) is 38.3 Å². The summed E-state index contributed by atoms with van der Waals surface area (Å²) < 4.78 is 11.6. The van der Waals surface area contributed by atoms with E-state index in [1.54, 1.807) is 6.20 Å². The second-order valence-corrected chi connectivity index (χ2v) is 6.24. The van der Waals surface area contributed by atoms with Gasteiger partial charge in [-0.1, -0.05) is 6.07 Å². The SMILES string of the molecule is NNC(Cc1cccnc1)C1CCOC2(CCOCC2)C1. The zero-order valence-corrected chi connectivity index (χ0v) is 12.5. The number of nitrogens with zero attached hydrogens (tertiary/aromatic N) is 1. The third kappa shape index (κ3) is 3.61. The monoisotopic (exact) mass is 291 g/mol. The van der Waals surface area contributed by atoms with Gasteiger partial charge in [0.25, 0.3) is 0 Å². The fraction of sp³-hybridized carbons (Fsp3) is 0.688. The molecule has 0 bridgehead atoms. The first-order valence-corrected chi connectivity index (χ1v) is 7.88. The van der Waals surface area contributed by atoms with Crippen LogP contribution in [0.15, 0.2) is 24.5 Å². The van der Waals surface area contributed by atoms with Crippen LogP contribution in [0, 0.1) is 5.92 Å². The predicted molar refractivity (Wildman–Crippen MR) is 80.5 cm³/mol. The fourth-order valence-corrected chi connectivity index (χ4v) is 3.64. The quantitative estimate of drug-likeness (QED) is 0.649. The first kappa shape index (κ1) is 14.9. The van der Waals surface area contributed by atoms with E-state index in [0.29, 0.717) is 5.92 Å². The van der Waals surface area contributed by atoms with Gasteiger partial charge in [-0.25, -0.2) is 0 Å². The van der Waals surface area contributed by atoms with Gasteiger partial charge < -0.3 is 9.47 Å². The molecule has 3 N–H and O–H groups in total. The van der Waals surface area contributed by atoms with E-state index in [1.807, 2.05) is 12.3 Å². The van der Waals surface area contributed by atoms with Gasteiger partial charge in [-0.05, 0) is 49.7 Å². The minimum Gasteiger partial charge on any atom is -0.381 e. The Morgan fingerprint density at radius 3 is 2.95 bits per heavy atom. The number of rotatable bonds is 4. The van der Waals surface area contributed by atoms with Gasteiger partial charge in [0.15, 0.2) is 0 Å². The first-order valence-electron chi connectivity index (χ1n) is 7.88. The van der Waals surface area contributed by atoms with Crippen LogP contribution in [-0.2, 0) is 15.9 Å². The summed E-state index contributed by atoms with van der Waals surface area (Å²) >= 11 is 0. The average molecular weight is 291 g/mol. The average Bonchev–Trinajstić information content (AvgIpc) is 2.54. The molecule has 2 unspecified atom stereocenters. The van der Waals surface area contributed by atoms with E-state index in [1.165, 1.54) is 5.56 Å². The highest BCUT2D eigenvalue weighted by molar-refractivity contribution is 5.11. The molecular weight excluding hydrogens is 266 g/mol. The molecular formula is C16H25N3O2. The Hall–Kier alpha value is -1.01. The van der Waals surface area contributed by atoms with Crippen molar-refractivity contribution in [3.05, 3.63) is 30.1 Å². The van der Waals surface area contributed by atoms with Gasteiger partial charge in [0.05, 0.1) is 5.60 Å². The van der Waals surface area contributed by atoms with Crippen molar-refractivity contribution in [3.63, 3.8) is 0 Å². The number of pyridine rings is 1. The van der Waals surface area contributed by atoms with E-state index < -0.39 is 0 Å². The highest BCUT2D eigenvalue weighted by Gasteiger charge is 2.41. The third-order valence-corrected chi connectivity index (χ3v) is 4.90. The van der Waals surface area contributed by atoms with Crippen molar-refractivity contribution in [1.82, 2.24) is 10.4 Å². The van der Waals surface area contributed by atoms with Crippen LogP contribution in [0.5, 0.6) is 0 Å². The molecule has 0 amide bonds. The van der Waals surface area contributed by atoms with E-state index in [9.17, 15) is 0 Å². The van der Waals surface area contributed by atoms with Crippen LogP contribution in [0.25, 0.3) is 0 Å². The molecule has 2 aliphatic rings. The Balaban J connectivity index is 1.65. The van der Waals surface area contributed by atoms with E-state index in [0.717, 1.165) is 51.9 Å². The molecule has 3 rings (SSSR count). The van der Waals surface area contributed by atoms with Crippen LogP contribution in [-0.4, -0.2) is 36.4 Å². The van der Waals surface area contributed by atoms with Crippen molar-refractivity contribution in [2.24, 2.45) is 11.8 Å².